The van der Waals surface area contributed by atoms with Gasteiger partial charge in [-0.15, -0.1) is 0 Å². The number of nitrogens with zero attached hydrogens (tertiary/aromatic N) is 2. The summed E-state index contributed by atoms with van der Waals surface area (Å²) in [6.45, 7) is 2.80. The Kier molecular flexibility index (Phi) is 4.44. The second-order valence-electron chi connectivity index (χ2n) is 7.12. The average molecular weight is 379 g/mol. The third kappa shape index (κ3) is 3.10. The fraction of sp³-hybridized carbons (Fsp3) is 0.286. The molecule has 3 aromatic rings. The minimum absolute atomic E-state index is 0.0139. The number of H-pyrrole nitrogens is 1. The topological polar surface area (TPSA) is 58.1 Å². The Balaban J connectivity index is 1.71. The molecule has 2 aromatic carbocycles. The Hall–Kier alpha value is -2.73. The van der Waals surface area contributed by atoms with E-state index in [1.54, 1.807) is 25.2 Å². The molecule has 4 rings (SSSR count). The lowest BCUT2D eigenvalue weighted by atomic mass is 10.0. The number of fused-ring (bicyclic) bond motifs is 1. The van der Waals surface area contributed by atoms with Crippen LogP contribution in [0.4, 0.5) is 0 Å². The van der Waals surface area contributed by atoms with Crippen molar-refractivity contribution in [3.63, 3.8) is 0 Å². The molecule has 1 aliphatic heterocycles. The Morgan fingerprint density at radius 2 is 1.93 bits per heavy atom. The molecule has 1 aromatic heterocycles. The van der Waals surface area contributed by atoms with E-state index in [9.17, 15) is 9.59 Å². The van der Waals surface area contributed by atoms with Gasteiger partial charge in [-0.2, -0.15) is 0 Å². The second-order valence-corrected chi connectivity index (χ2v) is 7.51. The van der Waals surface area contributed by atoms with Crippen LogP contribution in [0.2, 0.25) is 0 Å². The van der Waals surface area contributed by atoms with Crippen LogP contribution in [0.3, 0.4) is 0 Å². The van der Waals surface area contributed by atoms with Gasteiger partial charge in [-0.1, -0.05) is 29.8 Å². The first-order valence-corrected chi connectivity index (χ1v) is 9.47. The van der Waals surface area contributed by atoms with E-state index in [0.717, 1.165) is 19.4 Å². The number of rotatable bonds is 2. The molecule has 27 heavy (non-hydrogen) atoms. The molecule has 2 heterocycles. The van der Waals surface area contributed by atoms with Gasteiger partial charge in [-0.05, 0) is 55.7 Å². The lowest BCUT2D eigenvalue weighted by molar-refractivity contribution is 0.0736. The van der Waals surface area contributed by atoms with Gasteiger partial charge in [0.15, 0.2) is 4.77 Å². The van der Waals surface area contributed by atoms with E-state index in [1.165, 1.54) is 15.7 Å². The van der Waals surface area contributed by atoms with Crippen LogP contribution in [0, 0.1) is 11.7 Å². The molecular weight excluding hydrogens is 358 g/mol. The van der Waals surface area contributed by atoms with Gasteiger partial charge < -0.3 is 9.88 Å². The van der Waals surface area contributed by atoms with E-state index in [1.807, 2.05) is 4.90 Å². The summed E-state index contributed by atoms with van der Waals surface area (Å²) in [5.74, 6) is -0.0139. The maximum atomic E-state index is 13.2. The number of carbonyl (C=O) groups excluding carboxylic acids is 1. The van der Waals surface area contributed by atoms with Crippen LogP contribution >= 0.6 is 12.2 Å². The van der Waals surface area contributed by atoms with E-state index in [2.05, 4.69) is 36.2 Å². The first kappa shape index (κ1) is 17.7. The lowest BCUT2D eigenvalue weighted by Gasteiger charge is -2.25. The summed E-state index contributed by atoms with van der Waals surface area (Å²) in [5.41, 5.74) is 3.38. The Morgan fingerprint density at radius 1 is 1.19 bits per heavy atom. The Bertz CT molecular complexity index is 1140. The molecule has 1 fully saturated rings. The van der Waals surface area contributed by atoms with Crippen LogP contribution in [0.15, 0.2) is 47.3 Å². The van der Waals surface area contributed by atoms with Crippen molar-refractivity contribution in [3.05, 3.63) is 74.3 Å². The number of aromatic nitrogens is 2. The van der Waals surface area contributed by atoms with Crippen molar-refractivity contribution >= 4 is 29.0 Å². The molecule has 1 N–H and O–H groups in total. The third-order valence-corrected chi connectivity index (χ3v) is 5.70. The molecule has 0 spiro atoms. The second kappa shape index (κ2) is 6.78. The number of hydrogen-bond donors (Lipinski definition) is 1. The SMILES string of the molecule is Cc1ccc(C2CCCN2C(=O)c2ccc3c(=O)n(C)c(=S)[nH]c3c2)cc1. The first-order valence-electron chi connectivity index (χ1n) is 9.06. The minimum atomic E-state index is -0.161. The highest BCUT2D eigenvalue weighted by Crippen LogP contribution is 2.33. The summed E-state index contributed by atoms with van der Waals surface area (Å²) in [6.07, 6.45) is 1.95. The number of hydrogen-bond acceptors (Lipinski definition) is 3. The maximum Gasteiger partial charge on any atom is 0.261 e. The maximum absolute atomic E-state index is 13.2. The van der Waals surface area contributed by atoms with E-state index >= 15 is 0 Å². The molecule has 0 bridgehead atoms. The molecule has 1 unspecified atom stereocenters. The minimum Gasteiger partial charge on any atom is -0.332 e. The molecule has 6 heteroatoms. The highest BCUT2D eigenvalue weighted by Gasteiger charge is 2.30. The van der Waals surface area contributed by atoms with E-state index in [-0.39, 0.29) is 17.5 Å². The molecule has 1 amide bonds. The van der Waals surface area contributed by atoms with Crippen molar-refractivity contribution in [2.75, 3.05) is 6.54 Å². The quantitative estimate of drug-likeness (QED) is 0.688. The monoisotopic (exact) mass is 379 g/mol. The summed E-state index contributed by atoms with van der Waals surface area (Å²) in [4.78, 5) is 30.5. The number of aryl methyl sites for hydroxylation is 1. The van der Waals surface area contributed by atoms with Gasteiger partial charge in [-0.25, -0.2) is 0 Å². The molecule has 1 atom stereocenters. The number of nitrogens with one attached hydrogen (secondary N) is 1. The number of aromatic amines is 1. The summed E-state index contributed by atoms with van der Waals surface area (Å²) in [6, 6.07) is 13.6. The zero-order valence-electron chi connectivity index (χ0n) is 15.4. The van der Waals surface area contributed by atoms with Gasteiger partial charge in [0.25, 0.3) is 11.5 Å². The predicted molar refractivity (Wildman–Crippen MR) is 109 cm³/mol. The number of carbonyl (C=O) groups is 1. The lowest BCUT2D eigenvalue weighted by Crippen LogP contribution is -2.30. The van der Waals surface area contributed by atoms with Gasteiger partial charge in [0.05, 0.1) is 16.9 Å². The van der Waals surface area contributed by atoms with Gasteiger partial charge in [-0.3, -0.25) is 14.2 Å². The number of amides is 1. The van der Waals surface area contributed by atoms with Crippen molar-refractivity contribution < 1.29 is 4.79 Å². The smallest absolute Gasteiger partial charge is 0.261 e. The molecule has 0 radical (unpaired) electrons. The summed E-state index contributed by atoms with van der Waals surface area (Å²) >= 11 is 5.19. The van der Waals surface area contributed by atoms with Crippen LogP contribution < -0.4 is 5.56 Å². The molecule has 1 aliphatic rings. The first-order chi connectivity index (χ1) is 13.0. The van der Waals surface area contributed by atoms with Crippen molar-refractivity contribution in [1.29, 1.82) is 0 Å². The molecule has 0 aliphatic carbocycles. The van der Waals surface area contributed by atoms with Crippen LogP contribution in [0.1, 0.15) is 40.4 Å². The largest absolute Gasteiger partial charge is 0.332 e. The van der Waals surface area contributed by atoms with Crippen molar-refractivity contribution in [2.45, 2.75) is 25.8 Å². The number of benzene rings is 2. The van der Waals surface area contributed by atoms with Crippen LogP contribution in [0.25, 0.3) is 10.9 Å². The molecule has 5 nitrogen and oxygen atoms in total. The van der Waals surface area contributed by atoms with Gasteiger partial charge in [0.1, 0.15) is 0 Å². The molecule has 0 saturated carbocycles. The fourth-order valence-corrected chi connectivity index (χ4v) is 3.94. The van der Waals surface area contributed by atoms with Crippen LogP contribution in [-0.4, -0.2) is 26.9 Å². The van der Waals surface area contributed by atoms with E-state index in [4.69, 9.17) is 12.2 Å². The highest BCUT2D eigenvalue weighted by molar-refractivity contribution is 7.71. The Morgan fingerprint density at radius 3 is 2.67 bits per heavy atom. The van der Waals surface area contributed by atoms with Gasteiger partial charge in [0.2, 0.25) is 0 Å². The average Bonchev–Trinajstić information content (AvgIpc) is 3.15. The van der Waals surface area contributed by atoms with Crippen molar-refractivity contribution in [3.8, 4) is 0 Å². The zero-order valence-corrected chi connectivity index (χ0v) is 16.2. The van der Waals surface area contributed by atoms with Gasteiger partial charge in [0, 0.05) is 19.2 Å². The van der Waals surface area contributed by atoms with Crippen molar-refractivity contribution in [1.82, 2.24) is 14.5 Å². The zero-order chi connectivity index (χ0) is 19.1. The van der Waals surface area contributed by atoms with Crippen molar-refractivity contribution in [2.24, 2.45) is 7.05 Å². The van der Waals surface area contributed by atoms with E-state index < -0.39 is 0 Å². The normalized spacial score (nSPS) is 16.8. The van der Waals surface area contributed by atoms with Crippen LogP contribution in [-0.2, 0) is 7.05 Å². The number of likely N-dealkylation sites (tertiary alicyclic amines) is 1. The molecule has 138 valence electrons. The highest BCUT2D eigenvalue weighted by atomic mass is 32.1. The Labute approximate surface area is 162 Å². The molecular formula is C21H21N3O2S. The van der Waals surface area contributed by atoms with Crippen LogP contribution in [0.5, 0.6) is 0 Å². The standard InChI is InChI=1S/C21H21N3O2S/c1-13-5-7-14(8-6-13)18-4-3-11-24(18)19(25)15-9-10-16-17(12-15)22-21(27)23(2)20(16)26/h5-10,12,18H,3-4,11H2,1-2H3,(H,22,27). The predicted octanol–water partition coefficient (Wildman–Crippen LogP) is 3.88. The van der Waals surface area contributed by atoms with E-state index in [0.29, 0.717) is 21.2 Å². The summed E-state index contributed by atoms with van der Waals surface area (Å²) in [7, 11) is 1.63. The fourth-order valence-electron chi connectivity index (χ4n) is 3.75. The summed E-state index contributed by atoms with van der Waals surface area (Å²) < 4.78 is 1.74. The van der Waals surface area contributed by atoms with Gasteiger partial charge >= 0.3 is 0 Å². The summed E-state index contributed by atoms with van der Waals surface area (Å²) in [5, 5.41) is 0.527. The third-order valence-electron chi connectivity index (χ3n) is 5.32. The molecule has 1 saturated heterocycles.